The van der Waals surface area contributed by atoms with Crippen molar-refractivity contribution in [2.45, 2.75) is 25.3 Å². The lowest BCUT2D eigenvalue weighted by Crippen LogP contribution is -2.33. The van der Waals surface area contributed by atoms with Gasteiger partial charge in [0.15, 0.2) is 0 Å². The van der Waals surface area contributed by atoms with Gasteiger partial charge in [0.1, 0.15) is 11.6 Å². The van der Waals surface area contributed by atoms with Crippen LogP contribution in [0.4, 0.5) is 10.1 Å². The molecule has 0 radical (unpaired) electrons. The number of benzene rings is 3. The highest BCUT2D eigenvalue weighted by molar-refractivity contribution is 7.27. The zero-order valence-electron chi connectivity index (χ0n) is 16.8. The van der Waals surface area contributed by atoms with E-state index in [4.69, 9.17) is 27.9 Å². The van der Waals surface area contributed by atoms with Gasteiger partial charge in [0.05, 0.1) is 13.2 Å². The van der Waals surface area contributed by atoms with Gasteiger partial charge in [-0.25, -0.2) is 4.39 Å². The van der Waals surface area contributed by atoms with Crippen molar-refractivity contribution >= 4 is 43.4 Å². The third kappa shape index (κ3) is 6.11. The quantitative estimate of drug-likeness (QED) is 0.385. The molecular weight excluding hydrogens is 439 g/mol. The van der Waals surface area contributed by atoms with Gasteiger partial charge in [-0.05, 0) is 79.4 Å². The van der Waals surface area contributed by atoms with Crippen molar-refractivity contribution in [2.75, 3.05) is 18.6 Å². The first-order chi connectivity index (χ1) is 14.5. The van der Waals surface area contributed by atoms with Crippen LogP contribution in [-0.2, 0) is 0 Å². The number of halogens is 3. The van der Waals surface area contributed by atoms with E-state index in [0.29, 0.717) is 17.1 Å². The molecule has 2 unspecified atom stereocenters. The van der Waals surface area contributed by atoms with Crippen LogP contribution in [0.15, 0.2) is 66.7 Å². The minimum absolute atomic E-state index is 0.231. The summed E-state index contributed by atoms with van der Waals surface area (Å²) >= 11 is 12.0. The third-order valence-corrected chi connectivity index (χ3v) is 6.07. The first-order valence-corrected chi connectivity index (χ1v) is 11.2. The number of nitrogens with zero attached hydrogens (tertiary/aromatic N) is 1. The summed E-state index contributed by atoms with van der Waals surface area (Å²) in [5, 5.41) is 2.11. The molecular formula is C24H25Cl2FNOP. The lowest BCUT2D eigenvalue weighted by Gasteiger charge is -2.38. The van der Waals surface area contributed by atoms with E-state index in [1.54, 1.807) is 19.2 Å². The second-order valence-corrected chi connectivity index (χ2v) is 8.62. The molecule has 1 aliphatic heterocycles. The number of methoxy groups -OCH3 is 1. The summed E-state index contributed by atoms with van der Waals surface area (Å²) in [7, 11) is 3.85. The van der Waals surface area contributed by atoms with Crippen molar-refractivity contribution in [3.8, 4) is 5.75 Å². The summed E-state index contributed by atoms with van der Waals surface area (Å²) in [5.74, 6) is 0.442. The topological polar surface area (TPSA) is 12.5 Å². The monoisotopic (exact) mass is 463 g/mol. The molecule has 6 heteroatoms. The van der Waals surface area contributed by atoms with Crippen LogP contribution in [0.5, 0.6) is 5.75 Å². The Balaban J connectivity index is 0.000000216. The Kier molecular flexibility index (Phi) is 8.39. The standard InChI is InChI=1S/C17H17Cl2N.C7H8FOP/c18-14-6-4-13(5-7-14)17-3-1-2-12-20(17)16-10-8-15(19)9-11-16;1-9-5-2-3-6(8)7(10)4-5/h4-11,17H,1-3,12H2;2-4H,10H2,1H3. The van der Waals surface area contributed by atoms with E-state index >= 15 is 0 Å². The molecule has 1 aliphatic rings. The highest BCUT2D eigenvalue weighted by Gasteiger charge is 2.24. The van der Waals surface area contributed by atoms with Gasteiger partial charge >= 0.3 is 0 Å². The van der Waals surface area contributed by atoms with Gasteiger partial charge in [-0.15, -0.1) is 9.24 Å². The highest BCUT2D eigenvalue weighted by Crippen LogP contribution is 2.35. The van der Waals surface area contributed by atoms with Crippen LogP contribution in [0.25, 0.3) is 0 Å². The van der Waals surface area contributed by atoms with Crippen LogP contribution in [-0.4, -0.2) is 13.7 Å². The van der Waals surface area contributed by atoms with E-state index in [2.05, 4.69) is 38.4 Å². The zero-order valence-corrected chi connectivity index (χ0v) is 19.5. The lowest BCUT2D eigenvalue weighted by atomic mass is 9.94. The molecule has 4 rings (SSSR count). The SMILES string of the molecule is COc1ccc(F)c(P)c1.Clc1ccc(C2CCCCN2c2ccc(Cl)cc2)cc1. The summed E-state index contributed by atoms with van der Waals surface area (Å²) in [5.41, 5.74) is 2.58. The summed E-state index contributed by atoms with van der Waals surface area (Å²) in [6.45, 7) is 1.09. The van der Waals surface area contributed by atoms with Gasteiger partial charge in [0, 0.05) is 27.6 Å². The fraction of sp³-hybridized carbons (Fsp3) is 0.250. The molecule has 1 saturated heterocycles. The zero-order chi connectivity index (χ0) is 21.5. The normalized spacial score (nSPS) is 15.9. The van der Waals surface area contributed by atoms with Gasteiger partial charge in [-0.1, -0.05) is 35.3 Å². The van der Waals surface area contributed by atoms with Crippen LogP contribution in [0.3, 0.4) is 0 Å². The van der Waals surface area contributed by atoms with E-state index in [9.17, 15) is 4.39 Å². The average Bonchev–Trinajstić information content (AvgIpc) is 2.77. The van der Waals surface area contributed by atoms with E-state index in [0.717, 1.165) is 16.6 Å². The maximum absolute atomic E-state index is 12.6. The van der Waals surface area contributed by atoms with Crippen molar-refractivity contribution in [3.63, 3.8) is 0 Å². The predicted molar refractivity (Wildman–Crippen MR) is 129 cm³/mol. The summed E-state index contributed by atoms with van der Waals surface area (Å²) in [6, 6.07) is 21.4. The Morgan fingerprint density at radius 1 is 0.933 bits per heavy atom. The van der Waals surface area contributed by atoms with Crippen molar-refractivity contribution < 1.29 is 9.13 Å². The molecule has 1 heterocycles. The van der Waals surface area contributed by atoms with E-state index in [1.165, 1.54) is 36.6 Å². The fourth-order valence-corrected chi connectivity index (χ4v) is 4.07. The summed E-state index contributed by atoms with van der Waals surface area (Å²) < 4.78 is 17.4. The van der Waals surface area contributed by atoms with Gasteiger partial charge in [-0.3, -0.25) is 0 Å². The van der Waals surface area contributed by atoms with E-state index < -0.39 is 0 Å². The molecule has 3 aromatic rings. The predicted octanol–water partition coefficient (Wildman–Crippen LogP) is 7.06. The van der Waals surface area contributed by atoms with E-state index in [-0.39, 0.29) is 5.82 Å². The Bertz CT molecular complexity index is 897. The van der Waals surface area contributed by atoms with Crippen LogP contribution < -0.4 is 14.9 Å². The fourth-order valence-electron chi connectivity index (χ4n) is 3.55. The van der Waals surface area contributed by atoms with E-state index in [1.807, 2.05) is 24.3 Å². The molecule has 0 amide bonds. The molecule has 1 fully saturated rings. The Morgan fingerprint density at radius 2 is 1.57 bits per heavy atom. The number of piperidine rings is 1. The number of hydrogen-bond donors (Lipinski definition) is 0. The van der Waals surface area contributed by atoms with Crippen LogP contribution in [0.1, 0.15) is 30.9 Å². The molecule has 0 N–H and O–H groups in total. The Morgan fingerprint density at radius 3 is 2.17 bits per heavy atom. The molecule has 0 aromatic heterocycles. The maximum atomic E-state index is 12.6. The summed E-state index contributed by atoms with van der Waals surface area (Å²) in [4.78, 5) is 2.48. The maximum Gasteiger partial charge on any atom is 0.130 e. The average molecular weight is 464 g/mol. The molecule has 3 aromatic carbocycles. The number of anilines is 1. The molecule has 2 nitrogen and oxygen atoms in total. The Hall–Kier alpha value is -1.80. The first kappa shape index (κ1) is 22.9. The minimum atomic E-state index is -0.231. The number of hydrogen-bond acceptors (Lipinski definition) is 2. The molecule has 0 saturated carbocycles. The van der Waals surface area contributed by atoms with Crippen LogP contribution in [0, 0.1) is 5.82 Å². The van der Waals surface area contributed by atoms with Crippen molar-refractivity contribution in [2.24, 2.45) is 0 Å². The minimum Gasteiger partial charge on any atom is -0.497 e. The number of ether oxygens (including phenoxy) is 1. The molecule has 0 bridgehead atoms. The van der Waals surface area contributed by atoms with Gasteiger partial charge in [-0.2, -0.15) is 0 Å². The second kappa shape index (κ2) is 11.0. The third-order valence-electron chi connectivity index (χ3n) is 5.12. The van der Waals surface area contributed by atoms with Crippen LogP contribution in [0.2, 0.25) is 10.0 Å². The largest absolute Gasteiger partial charge is 0.497 e. The van der Waals surface area contributed by atoms with Crippen molar-refractivity contribution in [1.82, 2.24) is 0 Å². The second-order valence-electron chi connectivity index (χ2n) is 7.12. The van der Waals surface area contributed by atoms with Crippen LogP contribution >= 0.6 is 32.4 Å². The molecule has 30 heavy (non-hydrogen) atoms. The first-order valence-electron chi connectivity index (χ1n) is 9.84. The molecule has 0 aliphatic carbocycles. The van der Waals surface area contributed by atoms with Gasteiger partial charge < -0.3 is 9.64 Å². The number of rotatable bonds is 3. The molecule has 0 spiro atoms. The molecule has 158 valence electrons. The van der Waals surface area contributed by atoms with Gasteiger partial charge in [0.2, 0.25) is 0 Å². The van der Waals surface area contributed by atoms with Crippen molar-refractivity contribution in [3.05, 3.63) is 88.2 Å². The van der Waals surface area contributed by atoms with Crippen molar-refractivity contribution in [1.29, 1.82) is 0 Å². The lowest BCUT2D eigenvalue weighted by molar-refractivity contribution is 0.414. The highest BCUT2D eigenvalue weighted by atomic mass is 35.5. The Labute approximate surface area is 190 Å². The smallest absolute Gasteiger partial charge is 0.130 e. The van der Waals surface area contributed by atoms with Gasteiger partial charge in [0.25, 0.3) is 0 Å². The molecule has 2 atom stereocenters. The summed E-state index contributed by atoms with van der Waals surface area (Å²) in [6.07, 6.45) is 3.70.